The maximum Gasteiger partial charge on any atom is 0.0280 e. The second-order valence-electron chi connectivity index (χ2n) is 3.93. The third kappa shape index (κ3) is 2.38. The molecule has 0 aromatic heterocycles. The molecule has 1 heteroatoms. The van der Waals surface area contributed by atoms with Gasteiger partial charge in [-0.25, -0.2) is 0 Å². The van der Waals surface area contributed by atoms with Crippen LogP contribution in [0.2, 0.25) is 0 Å². The van der Waals surface area contributed by atoms with Gasteiger partial charge in [-0.2, -0.15) is 0 Å². The Morgan fingerprint density at radius 1 is 1.23 bits per heavy atom. The summed E-state index contributed by atoms with van der Waals surface area (Å²) in [5.41, 5.74) is 1.32. The molecule has 0 fully saturated rings. The van der Waals surface area contributed by atoms with Crippen molar-refractivity contribution in [2.24, 2.45) is 5.41 Å². The molecule has 0 saturated heterocycles. The van der Waals surface area contributed by atoms with E-state index in [2.05, 4.69) is 32.9 Å². The number of hydrogen-bond donors (Lipinski definition) is 0. The molecule has 0 aliphatic heterocycles. The topological polar surface area (TPSA) is 0 Å². The fourth-order valence-electron chi connectivity index (χ4n) is 1.14. The molecule has 0 amide bonds. The lowest BCUT2D eigenvalue weighted by atomic mass is 9.83. The van der Waals surface area contributed by atoms with E-state index in [9.17, 15) is 0 Å². The van der Waals surface area contributed by atoms with Crippen molar-refractivity contribution < 1.29 is 0 Å². The summed E-state index contributed by atoms with van der Waals surface area (Å²) >= 11 is 5.46. The van der Waals surface area contributed by atoms with E-state index < -0.39 is 0 Å². The third-order valence-corrected chi connectivity index (χ3v) is 3.32. The fraction of sp³-hybridized carbons (Fsp3) is 0.417. The number of rotatable bonds is 3. The van der Waals surface area contributed by atoms with Crippen molar-refractivity contribution >= 4 is 17.1 Å². The van der Waals surface area contributed by atoms with Gasteiger partial charge in [-0.3, -0.25) is 0 Å². The predicted octanol–water partition coefficient (Wildman–Crippen LogP) is 3.84. The highest BCUT2D eigenvalue weighted by Gasteiger charge is 2.21. The summed E-state index contributed by atoms with van der Waals surface area (Å²) in [4.78, 5) is 1.07. The summed E-state index contributed by atoms with van der Waals surface area (Å²) < 4.78 is 0. The summed E-state index contributed by atoms with van der Waals surface area (Å²) in [5.74, 6) is 0. The van der Waals surface area contributed by atoms with Gasteiger partial charge in [0.15, 0.2) is 0 Å². The molecule has 0 heterocycles. The molecule has 0 saturated carbocycles. The highest BCUT2D eigenvalue weighted by Crippen LogP contribution is 2.26. The first kappa shape index (κ1) is 10.4. The second kappa shape index (κ2) is 4.01. The van der Waals surface area contributed by atoms with Crippen molar-refractivity contribution in [3.8, 4) is 0 Å². The fourth-order valence-corrected chi connectivity index (χ4v) is 1.42. The molecule has 13 heavy (non-hydrogen) atoms. The van der Waals surface area contributed by atoms with E-state index in [1.807, 2.05) is 18.2 Å². The van der Waals surface area contributed by atoms with Crippen LogP contribution in [0.4, 0.5) is 0 Å². The molecule has 70 valence electrons. The molecule has 1 aromatic carbocycles. The number of thiocarbonyl (C=S) groups is 1. The minimum atomic E-state index is 0.136. The molecule has 1 aromatic rings. The summed E-state index contributed by atoms with van der Waals surface area (Å²) in [6, 6.07) is 10.3. The zero-order valence-corrected chi connectivity index (χ0v) is 9.32. The molecule has 0 nitrogen and oxygen atoms in total. The van der Waals surface area contributed by atoms with Gasteiger partial charge in [-0.15, -0.1) is 0 Å². The van der Waals surface area contributed by atoms with E-state index in [1.54, 1.807) is 0 Å². The Morgan fingerprint density at radius 3 is 2.23 bits per heavy atom. The Labute approximate surface area is 86.0 Å². The van der Waals surface area contributed by atoms with E-state index in [4.69, 9.17) is 12.2 Å². The molecule has 0 bridgehead atoms. The minimum absolute atomic E-state index is 0.136. The Hall–Kier alpha value is -0.690. The summed E-state index contributed by atoms with van der Waals surface area (Å²) in [6.07, 6.45) is 1.08. The standard InChI is InChI=1S/C12H16S/c1-4-12(2,3)11(13)10-8-6-5-7-9-10/h5-9H,4H2,1-3H3. The van der Waals surface area contributed by atoms with Crippen LogP contribution in [-0.2, 0) is 0 Å². The largest absolute Gasteiger partial charge is 0.0837 e. The molecule has 0 aliphatic carbocycles. The second-order valence-corrected chi connectivity index (χ2v) is 4.34. The minimum Gasteiger partial charge on any atom is -0.0837 e. The van der Waals surface area contributed by atoms with Gasteiger partial charge in [0.1, 0.15) is 0 Å². The smallest absolute Gasteiger partial charge is 0.0280 e. The zero-order valence-electron chi connectivity index (χ0n) is 8.50. The molecule has 0 aliphatic rings. The van der Waals surface area contributed by atoms with Crippen LogP contribution in [0.1, 0.15) is 32.8 Å². The highest BCUT2D eigenvalue weighted by atomic mass is 32.1. The van der Waals surface area contributed by atoms with Gasteiger partial charge >= 0.3 is 0 Å². The van der Waals surface area contributed by atoms with Crippen molar-refractivity contribution in [1.82, 2.24) is 0 Å². The van der Waals surface area contributed by atoms with Crippen molar-refractivity contribution in [1.29, 1.82) is 0 Å². The van der Waals surface area contributed by atoms with E-state index in [1.165, 1.54) is 5.56 Å². The van der Waals surface area contributed by atoms with Crippen LogP contribution in [0, 0.1) is 5.41 Å². The summed E-state index contributed by atoms with van der Waals surface area (Å²) in [5, 5.41) is 0. The lowest BCUT2D eigenvalue weighted by Gasteiger charge is -2.23. The van der Waals surface area contributed by atoms with E-state index in [0.29, 0.717) is 0 Å². The maximum absolute atomic E-state index is 5.46. The van der Waals surface area contributed by atoms with Gasteiger partial charge in [-0.1, -0.05) is 63.3 Å². The van der Waals surface area contributed by atoms with E-state index in [-0.39, 0.29) is 5.41 Å². The molecule has 0 atom stereocenters. The Morgan fingerprint density at radius 2 is 1.77 bits per heavy atom. The van der Waals surface area contributed by atoms with E-state index >= 15 is 0 Å². The molecular weight excluding hydrogens is 176 g/mol. The normalized spacial score (nSPS) is 11.3. The third-order valence-electron chi connectivity index (χ3n) is 2.53. The first-order valence-electron chi connectivity index (χ1n) is 4.68. The van der Waals surface area contributed by atoms with Crippen LogP contribution in [0.25, 0.3) is 0 Å². The van der Waals surface area contributed by atoms with Crippen molar-refractivity contribution in [3.05, 3.63) is 35.9 Å². The van der Waals surface area contributed by atoms with Gasteiger partial charge in [0.25, 0.3) is 0 Å². The Bertz CT molecular complexity index is 285. The molecule has 0 unspecified atom stereocenters. The summed E-state index contributed by atoms with van der Waals surface area (Å²) in [7, 11) is 0. The molecule has 0 spiro atoms. The van der Waals surface area contributed by atoms with Crippen LogP contribution >= 0.6 is 12.2 Å². The molecule has 0 N–H and O–H groups in total. The molecule has 1 rings (SSSR count). The quantitative estimate of drug-likeness (QED) is 0.518. The lowest BCUT2D eigenvalue weighted by Crippen LogP contribution is -2.22. The molecular formula is C12H16S. The first-order valence-corrected chi connectivity index (χ1v) is 5.08. The Kier molecular flexibility index (Phi) is 3.21. The Balaban J connectivity index is 2.93. The predicted molar refractivity (Wildman–Crippen MR) is 62.2 cm³/mol. The van der Waals surface area contributed by atoms with Gasteiger partial charge in [0.2, 0.25) is 0 Å². The number of benzene rings is 1. The first-order chi connectivity index (χ1) is 6.08. The maximum atomic E-state index is 5.46. The van der Waals surface area contributed by atoms with Crippen LogP contribution in [-0.4, -0.2) is 4.86 Å². The van der Waals surface area contributed by atoms with Crippen molar-refractivity contribution in [3.63, 3.8) is 0 Å². The van der Waals surface area contributed by atoms with Crippen LogP contribution in [0.3, 0.4) is 0 Å². The number of hydrogen-bond acceptors (Lipinski definition) is 1. The monoisotopic (exact) mass is 192 g/mol. The van der Waals surface area contributed by atoms with Crippen molar-refractivity contribution in [2.45, 2.75) is 27.2 Å². The van der Waals surface area contributed by atoms with E-state index in [0.717, 1.165) is 11.3 Å². The van der Waals surface area contributed by atoms with Crippen LogP contribution in [0.15, 0.2) is 30.3 Å². The lowest BCUT2D eigenvalue weighted by molar-refractivity contribution is 0.511. The van der Waals surface area contributed by atoms with Crippen LogP contribution < -0.4 is 0 Å². The average molecular weight is 192 g/mol. The van der Waals surface area contributed by atoms with Crippen LogP contribution in [0.5, 0.6) is 0 Å². The van der Waals surface area contributed by atoms with Gasteiger partial charge in [-0.05, 0) is 12.0 Å². The van der Waals surface area contributed by atoms with Gasteiger partial charge in [0.05, 0.1) is 0 Å². The van der Waals surface area contributed by atoms with Gasteiger partial charge in [0, 0.05) is 10.3 Å². The summed E-state index contributed by atoms with van der Waals surface area (Å²) in [6.45, 7) is 6.57. The molecule has 0 radical (unpaired) electrons. The average Bonchev–Trinajstić information content (AvgIpc) is 2.18. The SMILES string of the molecule is CCC(C)(C)C(=S)c1ccccc1. The van der Waals surface area contributed by atoms with Crippen molar-refractivity contribution in [2.75, 3.05) is 0 Å². The highest BCUT2D eigenvalue weighted by molar-refractivity contribution is 7.81. The zero-order chi connectivity index (χ0) is 9.90. The van der Waals surface area contributed by atoms with Gasteiger partial charge < -0.3 is 0 Å².